The van der Waals surface area contributed by atoms with Gasteiger partial charge >= 0.3 is 7.82 Å². The van der Waals surface area contributed by atoms with Crippen molar-refractivity contribution in [3.63, 3.8) is 0 Å². The maximum atomic E-state index is 11.9. The van der Waals surface area contributed by atoms with Crippen molar-refractivity contribution < 1.29 is 28.5 Å². The quantitative estimate of drug-likeness (QED) is 0.843. The van der Waals surface area contributed by atoms with E-state index in [0.29, 0.717) is 22.1 Å². The van der Waals surface area contributed by atoms with E-state index in [0.717, 1.165) is 5.39 Å². The molecule has 0 heterocycles. The highest BCUT2D eigenvalue weighted by atomic mass is 31.2. The van der Waals surface area contributed by atoms with E-state index in [9.17, 15) is 14.2 Å². The van der Waals surface area contributed by atoms with E-state index in [1.165, 1.54) is 12.2 Å². The normalized spacial score (nSPS) is 14.5. The fourth-order valence-corrected chi connectivity index (χ4v) is 2.65. The summed E-state index contributed by atoms with van der Waals surface area (Å²) < 4.78 is 15.2. The van der Waals surface area contributed by atoms with Crippen molar-refractivity contribution in [2.45, 2.75) is 6.61 Å². The van der Waals surface area contributed by atoms with Gasteiger partial charge in [-0.15, -0.1) is 0 Å². The molecule has 3 rings (SSSR count). The van der Waals surface area contributed by atoms with Gasteiger partial charge in [-0.1, -0.05) is 12.1 Å². The lowest BCUT2D eigenvalue weighted by atomic mass is 9.91. The van der Waals surface area contributed by atoms with Gasteiger partial charge in [0.1, 0.15) is 0 Å². The highest BCUT2D eigenvalue weighted by Crippen LogP contribution is 2.37. The van der Waals surface area contributed by atoms with Crippen molar-refractivity contribution in [2.75, 3.05) is 0 Å². The van der Waals surface area contributed by atoms with Crippen molar-refractivity contribution in [1.29, 1.82) is 0 Å². The van der Waals surface area contributed by atoms with Crippen LogP contribution in [0.15, 0.2) is 42.5 Å². The molecular weight excluding hydrogens is 307 g/mol. The number of ketones is 2. The number of hydrogen-bond acceptors (Lipinski definition) is 4. The summed E-state index contributed by atoms with van der Waals surface area (Å²) in [5.41, 5.74) is 1.24. The molecule has 112 valence electrons. The topological polar surface area (TPSA) is 101 Å². The van der Waals surface area contributed by atoms with Gasteiger partial charge in [-0.05, 0) is 46.7 Å². The van der Waals surface area contributed by atoms with Gasteiger partial charge in [0.2, 0.25) is 0 Å². The van der Waals surface area contributed by atoms with Crippen molar-refractivity contribution in [2.24, 2.45) is 0 Å². The molecule has 1 aliphatic carbocycles. The highest BCUT2D eigenvalue weighted by Gasteiger charge is 2.20. The second kappa shape index (κ2) is 5.26. The van der Waals surface area contributed by atoms with Crippen LogP contribution in [-0.2, 0) is 15.7 Å². The van der Waals surface area contributed by atoms with Gasteiger partial charge in [0.05, 0.1) is 6.61 Å². The Hall–Kier alpha value is -2.11. The molecule has 0 fully saturated rings. The number of rotatable bonds is 3. The number of allylic oxidation sites excluding steroid dienone is 2. The van der Waals surface area contributed by atoms with E-state index in [1.807, 2.05) is 0 Å². The predicted molar refractivity (Wildman–Crippen MR) is 78.6 cm³/mol. The van der Waals surface area contributed by atoms with Crippen molar-refractivity contribution in [3.8, 4) is 0 Å². The minimum Gasteiger partial charge on any atom is -0.303 e. The van der Waals surface area contributed by atoms with Gasteiger partial charge in [-0.2, -0.15) is 0 Å². The Kier molecular flexibility index (Phi) is 3.54. The lowest BCUT2D eigenvalue weighted by Gasteiger charge is -2.12. The molecular formula is C15H11O6P. The van der Waals surface area contributed by atoms with Crippen LogP contribution in [0.5, 0.6) is 0 Å². The van der Waals surface area contributed by atoms with Gasteiger partial charge in [0.25, 0.3) is 0 Å². The summed E-state index contributed by atoms with van der Waals surface area (Å²) in [5, 5.41) is 1.46. The van der Waals surface area contributed by atoms with Gasteiger partial charge in [0, 0.05) is 11.1 Å². The zero-order chi connectivity index (χ0) is 15.9. The smallest absolute Gasteiger partial charge is 0.303 e. The summed E-state index contributed by atoms with van der Waals surface area (Å²) >= 11 is 0. The van der Waals surface area contributed by atoms with Crippen LogP contribution in [0.25, 0.3) is 10.8 Å². The van der Waals surface area contributed by atoms with Crippen molar-refractivity contribution >= 4 is 30.2 Å². The lowest BCUT2D eigenvalue weighted by Crippen LogP contribution is -2.11. The molecule has 7 heteroatoms. The molecule has 2 N–H and O–H groups in total. The standard InChI is InChI=1S/C15H11O6P/c16-14-3-4-15(17)13-7-11-5-9(8-21-22(18,19)20)1-2-10(11)6-12(13)14/h1-7H,8H2,(H2,18,19,20). The second-order valence-electron chi connectivity index (χ2n) is 4.91. The van der Waals surface area contributed by atoms with E-state index >= 15 is 0 Å². The lowest BCUT2D eigenvalue weighted by molar-refractivity contribution is 0.0994. The third-order valence-electron chi connectivity index (χ3n) is 3.36. The average Bonchev–Trinajstić information content (AvgIpc) is 2.47. The van der Waals surface area contributed by atoms with E-state index in [-0.39, 0.29) is 18.2 Å². The fourth-order valence-electron chi connectivity index (χ4n) is 2.33. The fraction of sp³-hybridized carbons (Fsp3) is 0.0667. The third kappa shape index (κ3) is 2.91. The Balaban J connectivity index is 2.03. The second-order valence-corrected chi connectivity index (χ2v) is 6.14. The number of phosphoric acid groups is 1. The Morgan fingerprint density at radius 2 is 1.50 bits per heavy atom. The number of fused-ring (bicyclic) bond motifs is 2. The molecule has 0 aliphatic heterocycles. The zero-order valence-electron chi connectivity index (χ0n) is 11.2. The average molecular weight is 318 g/mol. The first kappa shape index (κ1) is 14.8. The first-order chi connectivity index (χ1) is 10.3. The minimum atomic E-state index is -4.54. The molecule has 0 spiro atoms. The van der Waals surface area contributed by atoms with Crippen molar-refractivity contribution in [3.05, 3.63) is 59.2 Å². The van der Waals surface area contributed by atoms with E-state index in [4.69, 9.17) is 9.79 Å². The molecule has 0 aromatic heterocycles. The Labute approximate surface area is 125 Å². The molecule has 0 saturated heterocycles. The molecule has 2 aromatic carbocycles. The van der Waals surface area contributed by atoms with Crippen LogP contribution in [0.4, 0.5) is 0 Å². The van der Waals surface area contributed by atoms with Gasteiger partial charge in [0.15, 0.2) is 11.6 Å². The summed E-state index contributed by atoms with van der Waals surface area (Å²) in [4.78, 5) is 41.1. The first-order valence-corrected chi connectivity index (χ1v) is 7.90. The number of benzene rings is 2. The van der Waals surface area contributed by atoms with Crippen LogP contribution < -0.4 is 0 Å². The Bertz CT molecular complexity index is 877. The van der Waals surface area contributed by atoms with Crippen LogP contribution >= 0.6 is 7.82 Å². The van der Waals surface area contributed by atoms with Gasteiger partial charge in [-0.25, -0.2) is 4.57 Å². The third-order valence-corrected chi connectivity index (χ3v) is 3.82. The van der Waals surface area contributed by atoms with Crippen molar-refractivity contribution in [1.82, 2.24) is 0 Å². The Morgan fingerprint density at radius 1 is 0.909 bits per heavy atom. The van der Waals surface area contributed by atoms with Crippen LogP contribution in [-0.4, -0.2) is 21.4 Å². The van der Waals surface area contributed by atoms with Gasteiger partial charge < -0.3 is 9.79 Å². The molecule has 0 radical (unpaired) electrons. The monoisotopic (exact) mass is 318 g/mol. The van der Waals surface area contributed by atoms with Gasteiger partial charge in [-0.3, -0.25) is 14.1 Å². The maximum absolute atomic E-state index is 11.9. The molecule has 1 aliphatic rings. The predicted octanol–water partition coefficient (Wildman–Crippen LogP) is 2.38. The number of phosphoric ester groups is 1. The molecule has 0 unspecified atom stereocenters. The number of carbonyl (C=O) groups excluding carboxylic acids is 2. The van der Waals surface area contributed by atoms with E-state index < -0.39 is 7.82 Å². The SMILES string of the molecule is O=C1C=CC(=O)c2cc3cc(COP(=O)(O)O)ccc3cc21. The Morgan fingerprint density at radius 3 is 2.09 bits per heavy atom. The summed E-state index contributed by atoms with van der Waals surface area (Å²) in [6, 6.07) is 8.28. The molecule has 0 amide bonds. The highest BCUT2D eigenvalue weighted by molar-refractivity contribution is 7.46. The summed E-state index contributed by atoms with van der Waals surface area (Å²) in [7, 11) is -4.54. The summed E-state index contributed by atoms with van der Waals surface area (Å²) in [6.07, 6.45) is 2.48. The van der Waals surface area contributed by atoms with E-state index in [1.54, 1.807) is 30.3 Å². The molecule has 0 saturated carbocycles. The zero-order valence-corrected chi connectivity index (χ0v) is 12.1. The van der Waals surface area contributed by atoms with Crippen LogP contribution in [0.3, 0.4) is 0 Å². The largest absolute Gasteiger partial charge is 0.469 e. The molecule has 22 heavy (non-hydrogen) atoms. The minimum absolute atomic E-state index is 0.217. The molecule has 0 atom stereocenters. The number of carbonyl (C=O) groups is 2. The van der Waals surface area contributed by atoms with Crippen LogP contribution in [0.2, 0.25) is 0 Å². The maximum Gasteiger partial charge on any atom is 0.469 e. The molecule has 0 bridgehead atoms. The molecule has 2 aromatic rings. The molecule has 6 nitrogen and oxygen atoms in total. The van der Waals surface area contributed by atoms with Crippen LogP contribution in [0, 0.1) is 0 Å². The summed E-state index contributed by atoms with van der Waals surface area (Å²) in [6.45, 7) is -0.246. The number of hydrogen-bond donors (Lipinski definition) is 2. The van der Waals surface area contributed by atoms with Crippen LogP contribution in [0.1, 0.15) is 26.3 Å². The van der Waals surface area contributed by atoms with E-state index in [2.05, 4.69) is 4.52 Å². The first-order valence-electron chi connectivity index (χ1n) is 6.37. The summed E-state index contributed by atoms with van der Waals surface area (Å²) in [5.74, 6) is -0.459.